The molecule has 0 bridgehead atoms. The lowest BCUT2D eigenvalue weighted by Crippen LogP contribution is -2.41. The highest BCUT2D eigenvalue weighted by molar-refractivity contribution is 14.1. The van der Waals surface area contributed by atoms with Crippen LogP contribution in [0.15, 0.2) is 0 Å². The van der Waals surface area contributed by atoms with Gasteiger partial charge < -0.3 is 14.3 Å². The minimum atomic E-state index is -1.78. The van der Waals surface area contributed by atoms with E-state index in [9.17, 15) is 5.11 Å². The molecule has 158 valence electrons. The molecule has 0 spiro atoms. The quantitative estimate of drug-likeness (QED) is 0.358. The summed E-state index contributed by atoms with van der Waals surface area (Å²) in [5.41, 5.74) is 1.13. The molecule has 0 aliphatic carbocycles. The Morgan fingerprint density at radius 3 is 2.41 bits per heavy atom. The molecule has 0 aromatic carbocycles. The van der Waals surface area contributed by atoms with Crippen molar-refractivity contribution in [2.45, 2.75) is 78.8 Å². The molecule has 0 fully saturated rings. The van der Waals surface area contributed by atoms with E-state index in [1.54, 1.807) is 0 Å². The van der Waals surface area contributed by atoms with Crippen LogP contribution in [0.4, 0.5) is 0 Å². The third kappa shape index (κ3) is 6.69. The zero-order chi connectivity index (χ0) is 20.8. The number of hydrogen-bond donors (Lipinski definition) is 1. The second-order valence-electron chi connectivity index (χ2n) is 8.43. The predicted octanol–water partition coefficient (Wildman–Crippen LogP) is 4.11. The van der Waals surface area contributed by atoms with Gasteiger partial charge in [-0.25, -0.2) is 0 Å². The lowest BCUT2D eigenvalue weighted by atomic mass is 10.2. The molecule has 27 heavy (non-hydrogen) atoms. The number of ether oxygens (including phenoxy) is 1. The maximum Gasteiger partial charge on any atom is 0.246 e. The van der Waals surface area contributed by atoms with Gasteiger partial charge >= 0.3 is 0 Å². The van der Waals surface area contributed by atoms with Crippen LogP contribution in [0.2, 0.25) is 18.1 Å². The molecule has 1 aromatic heterocycles. The molecule has 1 N–H and O–H groups in total. The van der Waals surface area contributed by atoms with E-state index in [4.69, 9.17) is 9.16 Å². The van der Waals surface area contributed by atoms with Crippen molar-refractivity contribution in [1.29, 1.82) is 0 Å². The first-order valence-electron chi connectivity index (χ1n) is 9.85. The largest absolute Gasteiger partial charge is 0.476 e. The normalized spacial score (nSPS) is 14.0. The van der Waals surface area contributed by atoms with Crippen LogP contribution >= 0.6 is 22.6 Å². The van der Waals surface area contributed by atoms with Crippen molar-refractivity contribution in [3.63, 3.8) is 0 Å². The van der Waals surface area contributed by atoms with Gasteiger partial charge in [-0.15, -0.1) is 5.10 Å². The summed E-state index contributed by atoms with van der Waals surface area (Å²) in [5, 5.41) is 14.4. The molecule has 8 heteroatoms. The van der Waals surface area contributed by atoms with Gasteiger partial charge in [0.1, 0.15) is 0 Å². The molecule has 1 aromatic rings. The Hall–Kier alpha value is -0.163. The van der Waals surface area contributed by atoms with Crippen LogP contribution in [-0.4, -0.2) is 60.5 Å². The molecule has 0 aliphatic rings. The van der Waals surface area contributed by atoms with E-state index in [2.05, 4.69) is 73.4 Å². The van der Waals surface area contributed by atoms with Gasteiger partial charge in [0.15, 0.2) is 8.32 Å². The van der Waals surface area contributed by atoms with Crippen molar-refractivity contribution in [2.24, 2.45) is 0 Å². The Balaban J connectivity index is 2.99. The highest BCUT2D eigenvalue weighted by Gasteiger charge is 2.37. The molecule has 0 saturated carbocycles. The summed E-state index contributed by atoms with van der Waals surface area (Å²) >= 11 is 2.32. The zero-order valence-electron chi connectivity index (χ0n) is 18.3. The highest BCUT2D eigenvalue weighted by Crippen LogP contribution is 2.36. The van der Waals surface area contributed by atoms with E-state index in [-0.39, 0.29) is 17.7 Å². The number of halogens is 1. The van der Waals surface area contributed by atoms with Crippen LogP contribution in [0.1, 0.15) is 47.2 Å². The van der Waals surface area contributed by atoms with Crippen LogP contribution in [0, 0.1) is 3.57 Å². The number of aliphatic hydroxyl groups excluding tert-OH is 1. The van der Waals surface area contributed by atoms with Crippen molar-refractivity contribution in [3.05, 3.63) is 9.26 Å². The minimum Gasteiger partial charge on any atom is -0.476 e. The summed E-state index contributed by atoms with van der Waals surface area (Å²) < 4.78 is 15.1. The zero-order valence-corrected chi connectivity index (χ0v) is 21.5. The smallest absolute Gasteiger partial charge is 0.246 e. The van der Waals surface area contributed by atoms with E-state index in [1.165, 1.54) is 0 Å². The SMILES string of the molecule is CCOc1nn(CCO[Si](C)(C)C(C)(C)C)c(CN(CC)[C@H](C)CO)c1I. The van der Waals surface area contributed by atoms with Crippen molar-refractivity contribution >= 4 is 30.9 Å². The molecule has 0 amide bonds. The Labute approximate surface area is 179 Å². The first-order chi connectivity index (χ1) is 12.5. The predicted molar refractivity (Wildman–Crippen MR) is 122 cm³/mol. The molecular formula is C19H38IN3O3Si. The van der Waals surface area contributed by atoms with E-state index in [0.717, 1.165) is 22.4 Å². The van der Waals surface area contributed by atoms with E-state index in [1.807, 2.05) is 18.5 Å². The molecule has 1 rings (SSSR count). The summed E-state index contributed by atoms with van der Waals surface area (Å²) in [7, 11) is -1.78. The molecule has 1 heterocycles. The van der Waals surface area contributed by atoms with Crippen molar-refractivity contribution < 1.29 is 14.3 Å². The third-order valence-electron chi connectivity index (χ3n) is 5.46. The van der Waals surface area contributed by atoms with Gasteiger partial charge in [-0.3, -0.25) is 9.58 Å². The van der Waals surface area contributed by atoms with Gasteiger partial charge in [0, 0.05) is 12.6 Å². The van der Waals surface area contributed by atoms with Crippen molar-refractivity contribution in [1.82, 2.24) is 14.7 Å². The van der Waals surface area contributed by atoms with E-state index < -0.39 is 8.32 Å². The summed E-state index contributed by atoms with van der Waals surface area (Å²) in [6.07, 6.45) is 0. The van der Waals surface area contributed by atoms with Gasteiger partial charge in [-0.1, -0.05) is 27.7 Å². The van der Waals surface area contributed by atoms with E-state index in [0.29, 0.717) is 25.6 Å². The average Bonchev–Trinajstić information content (AvgIpc) is 2.86. The number of hydrogen-bond acceptors (Lipinski definition) is 5. The van der Waals surface area contributed by atoms with Gasteiger partial charge in [0.25, 0.3) is 0 Å². The Morgan fingerprint density at radius 1 is 1.30 bits per heavy atom. The number of aromatic nitrogens is 2. The summed E-state index contributed by atoms with van der Waals surface area (Å²) in [6, 6.07) is 0.105. The number of rotatable bonds is 11. The van der Waals surface area contributed by atoms with Crippen molar-refractivity contribution in [3.8, 4) is 5.88 Å². The highest BCUT2D eigenvalue weighted by atomic mass is 127. The van der Waals surface area contributed by atoms with Crippen LogP contribution in [0.5, 0.6) is 5.88 Å². The molecule has 0 unspecified atom stereocenters. The second kappa shape index (κ2) is 10.6. The molecule has 6 nitrogen and oxygen atoms in total. The lowest BCUT2D eigenvalue weighted by Gasteiger charge is -2.36. The van der Waals surface area contributed by atoms with Gasteiger partial charge in [-0.05, 0) is 61.1 Å². The van der Waals surface area contributed by atoms with Crippen LogP contribution < -0.4 is 4.74 Å². The molecular weight excluding hydrogens is 473 g/mol. The second-order valence-corrected chi connectivity index (χ2v) is 14.3. The number of likely N-dealkylation sites (N-methyl/N-ethyl adjacent to an activating group) is 1. The summed E-state index contributed by atoms with van der Waals surface area (Å²) in [5.74, 6) is 0.688. The first kappa shape index (κ1) is 24.9. The standard InChI is InChI=1S/C19H38IN3O3Si/c1-9-22(15(3)14-24)13-16-17(20)18(25-10-2)21-23(16)11-12-26-27(7,8)19(4,5)6/h15,24H,9-14H2,1-8H3/t15-/m1/s1. The lowest BCUT2D eigenvalue weighted by molar-refractivity contribution is 0.130. The van der Waals surface area contributed by atoms with Crippen LogP contribution in [0.3, 0.4) is 0 Å². The Morgan fingerprint density at radius 2 is 1.93 bits per heavy atom. The van der Waals surface area contributed by atoms with Crippen molar-refractivity contribution in [2.75, 3.05) is 26.4 Å². The van der Waals surface area contributed by atoms with Gasteiger partial charge in [0.2, 0.25) is 5.88 Å². The molecule has 1 atom stereocenters. The maximum atomic E-state index is 9.54. The topological polar surface area (TPSA) is 59.8 Å². The summed E-state index contributed by atoms with van der Waals surface area (Å²) in [4.78, 5) is 2.25. The average molecular weight is 512 g/mol. The molecule has 0 radical (unpaired) electrons. The van der Waals surface area contributed by atoms with E-state index >= 15 is 0 Å². The van der Waals surface area contributed by atoms with Gasteiger partial charge in [0.05, 0.1) is 35.6 Å². The number of nitrogens with zero attached hydrogens (tertiary/aromatic N) is 3. The maximum absolute atomic E-state index is 9.54. The fourth-order valence-corrected chi connectivity index (χ4v) is 4.25. The number of aliphatic hydroxyl groups is 1. The van der Waals surface area contributed by atoms with Crippen LogP contribution in [0.25, 0.3) is 0 Å². The third-order valence-corrected chi connectivity index (χ3v) is 11.1. The minimum absolute atomic E-state index is 0.105. The fourth-order valence-electron chi connectivity index (χ4n) is 2.51. The monoisotopic (exact) mass is 511 g/mol. The Bertz CT molecular complexity index is 587. The fraction of sp³-hybridized carbons (Fsp3) is 0.842. The molecule has 0 aliphatic heterocycles. The molecule has 0 saturated heterocycles. The Kier molecular flexibility index (Phi) is 9.73. The van der Waals surface area contributed by atoms with Crippen LogP contribution in [-0.2, 0) is 17.5 Å². The van der Waals surface area contributed by atoms with Gasteiger partial charge in [-0.2, -0.15) is 0 Å². The summed E-state index contributed by atoms with van der Waals surface area (Å²) in [6.45, 7) is 21.1. The first-order valence-corrected chi connectivity index (χ1v) is 13.8.